The van der Waals surface area contributed by atoms with Crippen molar-refractivity contribution in [2.75, 3.05) is 13.1 Å². The van der Waals surface area contributed by atoms with Gasteiger partial charge < -0.3 is 15.8 Å². The van der Waals surface area contributed by atoms with Crippen molar-refractivity contribution in [2.45, 2.75) is 12.8 Å². The molecule has 1 saturated heterocycles. The van der Waals surface area contributed by atoms with Crippen LogP contribution in [0.5, 0.6) is 5.75 Å². The van der Waals surface area contributed by atoms with Gasteiger partial charge in [0.1, 0.15) is 5.75 Å². The lowest BCUT2D eigenvalue weighted by molar-refractivity contribution is -0.139. The number of hydrogen-bond donors (Lipinski definition) is 2. The van der Waals surface area contributed by atoms with Crippen LogP contribution >= 0.6 is 11.3 Å². The van der Waals surface area contributed by atoms with Crippen LogP contribution in [-0.2, 0) is 4.79 Å². The van der Waals surface area contributed by atoms with Crippen LogP contribution in [0, 0.1) is 5.92 Å². The molecule has 1 aromatic carbocycles. The predicted molar refractivity (Wildman–Crippen MR) is 79.4 cm³/mol. The third kappa shape index (κ3) is 3.03. The minimum atomic E-state index is -0.551. The average molecular weight is 305 g/mol. The second-order valence-corrected chi connectivity index (χ2v) is 5.99. The van der Waals surface area contributed by atoms with Gasteiger partial charge in [-0.25, -0.2) is 4.98 Å². The van der Waals surface area contributed by atoms with Crippen LogP contribution in [0.3, 0.4) is 0 Å². The summed E-state index contributed by atoms with van der Waals surface area (Å²) in [6, 6.07) is 5.13. The van der Waals surface area contributed by atoms with E-state index in [-0.39, 0.29) is 16.9 Å². The van der Waals surface area contributed by atoms with E-state index in [2.05, 4.69) is 10.3 Å². The summed E-state index contributed by atoms with van der Waals surface area (Å²) in [4.78, 5) is 27.3. The zero-order valence-electron chi connectivity index (χ0n) is 11.3. The molecule has 1 fully saturated rings. The van der Waals surface area contributed by atoms with E-state index in [0.717, 1.165) is 30.6 Å². The van der Waals surface area contributed by atoms with Gasteiger partial charge in [0, 0.05) is 6.07 Å². The Balaban J connectivity index is 1.77. The van der Waals surface area contributed by atoms with Crippen molar-refractivity contribution in [3.8, 4) is 5.75 Å². The molecule has 2 aromatic rings. The molecule has 0 atom stereocenters. The Kier molecular flexibility index (Phi) is 3.85. The van der Waals surface area contributed by atoms with E-state index in [1.165, 1.54) is 11.3 Å². The molecule has 2 heterocycles. The number of ether oxygens (including phenoxy) is 1. The van der Waals surface area contributed by atoms with Crippen molar-refractivity contribution < 1.29 is 14.3 Å². The number of rotatable bonds is 3. The summed E-state index contributed by atoms with van der Waals surface area (Å²) >= 11 is 1.20. The first-order valence-corrected chi connectivity index (χ1v) is 7.58. The Morgan fingerprint density at radius 1 is 1.33 bits per heavy atom. The van der Waals surface area contributed by atoms with Crippen molar-refractivity contribution in [1.82, 2.24) is 10.3 Å². The summed E-state index contributed by atoms with van der Waals surface area (Å²) in [7, 11) is 0. The SMILES string of the molecule is NC(=O)c1nc2ccc(OC(=O)C3CCNCC3)cc2s1. The first kappa shape index (κ1) is 14.0. The zero-order chi connectivity index (χ0) is 14.8. The number of benzene rings is 1. The first-order valence-electron chi connectivity index (χ1n) is 6.76. The largest absolute Gasteiger partial charge is 0.426 e. The molecule has 3 N–H and O–H groups in total. The molecular weight excluding hydrogens is 290 g/mol. The summed E-state index contributed by atoms with van der Waals surface area (Å²) in [6.07, 6.45) is 1.60. The Labute approximate surface area is 125 Å². The highest BCUT2D eigenvalue weighted by Crippen LogP contribution is 2.27. The number of piperidine rings is 1. The topological polar surface area (TPSA) is 94.3 Å². The number of fused-ring (bicyclic) bond motifs is 1. The van der Waals surface area contributed by atoms with Gasteiger partial charge in [-0.1, -0.05) is 0 Å². The molecule has 0 unspecified atom stereocenters. The molecule has 1 aromatic heterocycles. The number of amides is 1. The molecule has 1 amide bonds. The van der Waals surface area contributed by atoms with Crippen molar-refractivity contribution in [2.24, 2.45) is 11.7 Å². The summed E-state index contributed by atoms with van der Waals surface area (Å²) in [6.45, 7) is 1.69. The fourth-order valence-corrected chi connectivity index (χ4v) is 3.18. The minimum Gasteiger partial charge on any atom is -0.426 e. The Morgan fingerprint density at radius 2 is 2.10 bits per heavy atom. The Morgan fingerprint density at radius 3 is 2.81 bits per heavy atom. The van der Waals surface area contributed by atoms with E-state index in [4.69, 9.17) is 10.5 Å². The second-order valence-electron chi connectivity index (χ2n) is 4.96. The smallest absolute Gasteiger partial charge is 0.314 e. The maximum Gasteiger partial charge on any atom is 0.314 e. The van der Waals surface area contributed by atoms with E-state index >= 15 is 0 Å². The normalized spacial score (nSPS) is 16.0. The number of nitrogens with one attached hydrogen (secondary N) is 1. The van der Waals surface area contributed by atoms with Gasteiger partial charge in [-0.15, -0.1) is 11.3 Å². The van der Waals surface area contributed by atoms with Crippen LogP contribution in [0.4, 0.5) is 0 Å². The molecule has 1 aliphatic heterocycles. The number of carbonyl (C=O) groups excluding carboxylic acids is 2. The fourth-order valence-electron chi connectivity index (χ4n) is 2.33. The molecule has 0 aliphatic carbocycles. The minimum absolute atomic E-state index is 0.0513. The maximum atomic E-state index is 12.1. The van der Waals surface area contributed by atoms with Crippen LogP contribution in [0.25, 0.3) is 10.2 Å². The van der Waals surface area contributed by atoms with E-state index in [1.54, 1.807) is 18.2 Å². The second kappa shape index (κ2) is 5.79. The van der Waals surface area contributed by atoms with Crippen molar-refractivity contribution in [3.63, 3.8) is 0 Å². The quantitative estimate of drug-likeness (QED) is 0.658. The van der Waals surface area contributed by atoms with Crippen LogP contribution < -0.4 is 15.8 Å². The van der Waals surface area contributed by atoms with Gasteiger partial charge in [0.2, 0.25) is 0 Å². The van der Waals surface area contributed by atoms with Crippen LogP contribution in [0.1, 0.15) is 22.6 Å². The first-order chi connectivity index (χ1) is 10.1. The summed E-state index contributed by atoms with van der Waals surface area (Å²) in [5, 5.41) is 3.47. The highest BCUT2D eigenvalue weighted by Gasteiger charge is 2.23. The van der Waals surface area contributed by atoms with Crippen LogP contribution in [-0.4, -0.2) is 29.9 Å². The van der Waals surface area contributed by atoms with Crippen LogP contribution in [0.2, 0.25) is 0 Å². The highest BCUT2D eigenvalue weighted by molar-refractivity contribution is 7.20. The van der Waals surface area contributed by atoms with Gasteiger partial charge in [0.15, 0.2) is 5.01 Å². The zero-order valence-corrected chi connectivity index (χ0v) is 12.1. The van der Waals surface area contributed by atoms with Gasteiger partial charge in [0.25, 0.3) is 5.91 Å². The molecule has 0 saturated carbocycles. The third-order valence-electron chi connectivity index (χ3n) is 3.46. The molecule has 0 spiro atoms. The fraction of sp³-hybridized carbons (Fsp3) is 0.357. The lowest BCUT2D eigenvalue weighted by Crippen LogP contribution is -2.33. The third-order valence-corrected chi connectivity index (χ3v) is 4.49. The Hall–Kier alpha value is -1.99. The van der Waals surface area contributed by atoms with Gasteiger partial charge in [-0.3, -0.25) is 9.59 Å². The van der Waals surface area contributed by atoms with Crippen molar-refractivity contribution in [3.05, 3.63) is 23.2 Å². The molecule has 0 radical (unpaired) electrons. The van der Waals surface area contributed by atoms with Gasteiger partial charge in [0.05, 0.1) is 16.1 Å². The summed E-state index contributed by atoms with van der Waals surface area (Å²) < 4.78 is 6.20. The number of thiazole rings is 1. The van der Waals surface area contributed by atoms with Gasteiger partial charge in [-0.05, 0) is 38.1 Å². The molecule has 6 nitrogen and oxygen atoms in total. The molecule has 110 valence electrons. The number of carbonyl (C=O) groups is 2. The molecule has 1 aliphatic rings. The monoisotopic (exact) mass is 305 g/mol. The van der Waals surface area contributed by atoms with Crippen molar-refractivity contribution in [1.29, 1.82) is 0 Å². The number of nitrogens with zero attached hydrogens (tertiary/aromatic N) is 1. The summed E-state index contributed by atoms with van der Waals surface area (Å²) in [5.74, 6) is -0.324. The van der Waals surface area contributed by atoms with E-state index in [0.29, 0.717) is 11.3 Å². The van der Waals surface area contributed by atoms with Gasteiger partial charge >= 0.3 is 5.97 Å². The number of hydrogen-bond acceptors (Lipinski definition) is 6. The van der Waals surface area contributed by atoms with E-state index in [1.807, 2.05) is 0 Å². The number of nitrogens with two attached hydrogens (primary N) is 1. The predicted octanol–water partition coefficient (Wildman–Crippen LogP) is 1.30. The van der Waals surface area contributed by atoms with Crippen LogP contribution in [0.15, 0.2) is 18.2 Å². The number of primary amides is 1. The average Bonchev–Trinajstić information content (AvgIpc) is 2.91. The molecule has 7 heteroatoms. The lowest BCUT2D eigenvalue weighted by atomic mass is 9.98. The van der Waals surface area contributed by atoms with E-state index < -0.39 is 5.91 Å². The van der Waals surface area contributed by atoms with Gasteiger partial charge in [-0.2, -0.15) is 0 Å². The number of aromatic nitrogens is 1. The molecule has 21 heavy (non-hydrogen) atoms. The standard InChI is InChI=1S/C14H15N3O3S/c15-12(18)13-17-10-2-1-9(7-11(10)21-13)20-14(19)8-3-5-16-6-4-8/h1-2,7-8,16H,3-6H2,(H2,15,18). The molecular formula is C14H15N3O3S. The van der Waals surface area contributed by atoms with Crippen molar-refractivity contribution >= 4 is 33.4 Å². The summed E-state index contributed by atoms with van der Waals surface area (Å²) in [5.41, 5.74) is 5.89. The molecule has 0 bridgehead atoms. The molecule has 3 rings (SSSR count). The number of esters is 1. The Bertz CT molecular complexity index is 692. The highest BCUT2D eigenvalue weighted by atomic mass is 32.1. The lowest BCUT2D eigenvalue weighted by Gasteiger charge is -2.20. The maximum absolute atomic E-state index is 12.1. The van der Waals surface area contributed by atoms with E-state index in [9.17, 15) is 9.59 Å².